The molecule has 7 nitrogen and oxygen atoms in total. The maximum Gasteiger partial charge on any atom is 0.177 e. The Morgan fingerprint density at radius 1 is 1.08 bits per heavy atom. The Morgan fingerprint density at radius 2 is 1.78 bits per heavy atom. The number of fused-ring (bicyclic) bond motifs is 5. The summed E-state index contributed by atoms with van der Waals surface area (Å²) in [5.41, 5.74) is -0.827. The number of methoxy groups -OCH3 is 1. The summed E-state index contributed by atoms with van der Waals surface area (Å²) in [6.45, 7) is 2.27. The first-order valence-electron chi connectivity index (χ1n) is 12.8. The van der Waals surface area contributed by atoms with E-state index in [4.69, 9.17) is 14.2 Å². The van der Waals surface area contributed by atoms with Crippen LogP contribution in [0.5, 0.6) is 11.5 Å². The molecule has 3 aromatic rings. The van der Waals surface area contributed by atoms with Crippen molar-refractivity contribution < 1.29 is 24.4 Å². The summed E-state index contributed by atoms with van der Waals surface area (Å²) in [7, 11) is 1.55. The zero-order chi connectivity index (χ0) is 25.4. The van der Waals surface area contributed by atoms with Gasteiger partial charge in [0.2, 0.25) is 0 Å². The van der Waals surface area contributed by atoms with E-state index < -0.39 is 17.3 Å². The van der Waals surface area contributed by atoms with Gasteiger partial charge in [0.15, 0.2) is 11.2 Å². The number of ether oxygens (including phenoxy) is 3. The Morgan fingerprint density at radius 3 is 2.46 bits per heavy atom. The van der Waals surface area contributed by atoms with Crippen molar-refractivity contribution in [2.75, 3.05) is 26.7 Å². The molecule has 8 rings (SSSR count). The number of hydrogen-bond acceptors (Lipinski definition) is 7. The van der Waals surface area contributed by atoms with Crippen LogP contribution >= 0.6 is 15.9 Å². The van der Waals surface area contributed by atoms with Crippen LogP contribution in [0, 0.1) is 5.92 Å². The molecule has 0 amide bonds. The van der Waals surface area contributed by atoms with Crippen LogP contribution in [-0.4, -0.2) is 65.2 Å². The molecule has 7 atom stereocenters. The van der Waals surface area contributed by atoms with Crippen molar-refractivity contribution >= 4 is 15.9 Å². The molecule has 1 aromatic heterocycles. The van der Waals surface area contributed by atoms with E-state index in [1.54, 1.807) is 19.5 Å². The number of morpholine rings is 1. The topological polar surface area (TPSA) is 84.3 Å². The van der Waals surface area contributed by atoms with Crippen LogP contribution in [0.1, 0.15) is 29.0 Å². The molecule has 4 fully saturated rings. The molecule has 1 saturated carbocycles. The number of aliphatic hydroxyl groups is 2. The Balaban J connectivity index is 1.45. The van der Waals surface area contributed by atoms with E-state index in [0.717, 1.165) is 35.1 Å². The molecule has 2 unspecified atom stereocenters. The van der Waals surface area contributed by atoms with Gasteiger partial charge >= 0.3 is 0 Å². The van der Waals surface area contributed by atoms with Gasteiger partial charge in [0.05, 0.1) is 43.4 Å². The molecule has 3 saturated heterocycles. The van der Waals surface area contributed by atoms with Crippen LogP contribution in [0.2, 0.25) is 0 Å². The third-order valence-corrected chi connectivity index (χ3v) is 9.28. The summed E-state index contributed by atoms with van der Waals surface area (Å²) >= 11 is 3.55. The highest BCUT2D eigenvalue weighted by molar-refractivity contribution is 9.10. The van der Waals surface area contributed by atoms with Crippen molar-refractivity contribution in [2.24, 2.45) is 5.92 Å². The molecular weight excluding hydrogens is 536 g/mol. The quantitative estimate of drug-likeness (QED) is 0.490. The number of pyridine rings is 1. The van der Waals surface area contributed by atoms with Crippen molar-refractivity contribution in [3.05, 3.63) is 88.2 Å². The molecule has 0 radical (unpaired) electrons. The van der Waals surface area contributed by atoms with Crippen molar-refractivity contribution in [1.82, 2.24) is 9.88 Å². The second-order valence-electron chi connectivity index (χ2n) is 10.7. The van der Waals surface area contributed by atoms with Gasteiger partial charge in [-0.15, -0.1) is 0 Å². The minimum Gasteiger partial charge on any atom is -0.495 e. The van der Waals surface area contributed by atoms with Crippen LogP contribution in [-0.2, 0) is 15.9 Å². The number of piperidine rings is 1. The Kier molecular flexibility index (Phi) is 5.43. The number of nitrogens with zero attached hydrogens (tertiary/aromatic N) is 2. The zero-order valence-electron chi connectivity index (χ0n) is 20.5. The first kappa shape index (κ1) is 23.6. The monoisotopic (exact) mass is 564 g/mol. The highest BCUT2D eigenvalue weighted by Gasteiger charge is 2.76. The molecule has 1 aliphatic carbocycles. The van der Waals surface area contributed by atoms with Crippen molar-refractivity contribution in [1.29, 1.82) is 0 Å². The molecule has 2 aromatic carbocycles. The van der Waals surface area contributed by atoms with E-state index in [0.29, 0.717) is 23.6 Å². The fraction of sp³-hybridized carbons (Fsp3) is 0.414. The number of aromatic nitrogens is 1. The molecule has 8 heteroatoms. The minimum atomic E-state index is -1.77. The molecular formula is C29H29BrN2O5. The predicted molar refractivity (Wildman–Crippen MR) is 140 cm³/mol. The molecule has 5 aliphatic rings. The van der Waals surface area contributed by atoms with Crippen LogP contribution in [0.4, 0.5) is 0 Å². The van der Waals surface area contributed by atoms with Gasteiger partial charge in [-0.05, 0) is 23.3 Å². The summed E-state index contributed by atoms with van der Waals surface area (Å²) in [4.78, 5) is 6.67. The first-order chi connectivity index (χ1) is 18.0. The second-order valence-corrected chi connectivity index (χ2v) is 11.6. The summed E-state index contributed by atoms with van der Waals surface area (Å²) in [6, 6.07) is 17.9. The zero-order valence-corrected chi connectivity index (χ0v) is 22.0. The Labute approximate surface area is 224 Å². The van der Waals surface area contributed by atoms with E-state index in [9.17, 15) is 10.2 Å². The van der Waals surface area contributed by atoms with Gasteiger partial charge in [0.25, 0.3) is 0 Å². The smallest absolute Gasteiger partial charge is 0.177 e. The summed E-state index contributed by atoms with van der Waals surface area (Å²) < 4.78 is 19.3. The van der Waals surface area contributed by atoms with Gasteiger partial charge in [-0.3, -0.25) is 9.88 Å². The largest absolute Gasteiger partial charge is 0.495 e. The van der Waals surface area contributed by atoms with Gasteiger partial charge in [-0.1, -0.05) is 58.4 Å². The molecule has 0 spiro atoms. The van der Waals surface area contributed by atoms with Gasteiger partial charge in [-0.25, -0.2) is 0 Å². The third kappa shape index (κ3) is 3.23. The fourth-order valence-corrected chi connectivity index (χ4v) is 7.58. The standard InChI is InChI=1S/C29H29BrN2O5/c1-35-23-12-31-13-24-26(23)28(34)27(33)22(16-32-14-20-11-21(15-32)36-20)25(17-5-3-2-4-6-17)29(28,37-24)18-7-9-19(30)10-8-18/h2-10,12-13,20-22,25,27,33-34H,11,14-16H2,1H3/t20?,21?,22-,25-,27-,28+,29+/m1/s1. The third-order valence-electron chi connectivity index (χ3n) is 8.75. The second kappa shape index (κ2) is 8.51. The van der Waals surface area contributed by atoms with Crippen LogP contribution in [0.15, 0.2) is 71.5 Å². The van der Waals surface area contributed by atoms with Gasteiger partial charge in [0.1, 0.15) is 11.5 Å². The lowest BCUT2D eigenvalue weighted by atomic mass is 9.70. The number of halogens is 1. The van der Waals surface area contributed by atoms with Crippen LogP contribution in [0.3, 0.4) is 0 Å². The lowest BCUT2D eigenvalue weighted by Crippen LogP contribution is -2.58. The van der Waals surface area contributed by atoms with E-state index in [-0.39, 0.29) is 24.0 Å². The normalized spacial score (nSPS) is 35.8. The average Bonchev–Trinajstić information content (AvgIpc) is 3.27. The predicted octanol–water partition coefficient (Wildman–Crippen LogP) is 3.58. The van der Waals surface area contributed by atoms with E-state index in [1.165, 1.54) is 0 Å². The van der Waals surface area contributed by atoms with Crippen molar-refractivity contribution in [2.45, 2.75) is 41.9 Å². The van der Waals surface area contributed by atoms with E-state index in [2.05, 4.69) is 37.9 Å². The van der Waals surface area contributed by atoms with Crippen molar-refractivity contribution in [3.63, 3.8) is 0 Å². The average molecular weight is 565 g/mol. The molecule has 4 aliphatic heterocycles. The van der Waals surface area contributed by atoms with Crippen LogP contribution < -0.4 is 9.47 Å². The summed E-state index contributed by atoms with van der Waals surface area (Å²) in [5, 5.41) is 25.1. The fourth-order valence-electron chi connectivity index (χ4n) is 7.32. The lowest BCUT2D eigenvalue weighted by molar-refractivity contribution is -0.185. The maximum absolute atomic E-state index is 12.9. The summed E-state index contributed by atoms with van der Waals surface area (Å²) in [5.74, 6) is 0.152. The highest BCUT2D eigenvalue weighted by atomic mass is 79.9. The molecule has 2 bridgehead atoms. The van der Waals surface area contributed by atoms with E-state index in [1.807, 2.05) is 42.5 Å². The van der Waals surface area contributed by atoms with Crippen LogP contribution in [0.25, 0.3) is 0 Å². The van der Waals surface area contributed by atoms with Gasteiger partial charge in [0, 0.05) is 42.4 Å². The number of hydrogen-bond donors (Lipinski definition) is 2. The lowest BCUT2D eigenvalue weighted by Gasteiger charge is -2.48. The molecule has 5 heterocycles. The highest BCUT2D eigenvalue weighted by Crippen LogP contribution is 2.69. The van der Waals surface area contributed by atoms with E-state index >= 15 is 0 Å². The first-order valence-corrected chi connectivity index (χ1v) is 13.6. The number of benzene rings is 2. The van der Waals surface area contributed by atoms with Gasteiger partial charge < -0.3 is 24.4 Å². The minimum absolute atomic E-state index is 0.249. The Bertz CT molecular complexity index is 1310. The molecule has 192 valence electrons. The maximum atomic E-state index is 12.9. The molecule has 37 heavy (non-hydrogen) atoms. The number of aliphatic hydroxyl groups excluding tert-OH is 1. The molecule has 2 N–H and O–H groups in total. The summed E-state index contributed by atoms with van der Waals surface area (Å²) in [6.07, 6.45) is 3.65. The SMILES string of the molecule is COc1cncc2c1[C@]1(O)[C@H](O)[C@H](CN3CC4CC(C3)O4)[C@@H](c3ccccc3)[C@]1(c1ccc(Br)cc1)O2. The number of rotatable bonds is 5. The Hall–Kier alpha value is -2.49. The van der Waals surface area contributed by atoms with Crippen molar-refractivity contribution in [3.8, 4) is 11.5 Å². The van der Waals surface area contributed by atoms with Gasteiger partial charge in [-0.2, -0.15) is 0 Å².